The molecule has 5 heteroatoms. The molecule has 0 N–H and O–H groups in total. The number of fused-ring (bicyclic) bond motifs is 1. The molecule has 188 valence electrons. The van der Waals surface area contributed by atoms with Crippen molar-refractivity contribution in [3.63, 3.8) is 0 Å². The molecule has 0 spiro atoms. The fourth-order valence-electron chi connectivity index (χ4n) is 4.90. The van der Waals surface area contributed by atoms with Gasteiger partial charge in [0.1, 0.15) is 5.75 Å². The summed E-state index contributed by atoms with van der Waals surface area (Å²) in [6.07, 6.45) is 0.694. The Morgan fingerprint density at radius 1 is 0.972 bits per heavy atom. The van der Waals surface area contributed by atoms with Gasteiger partial charge in [0, 0.05) is 26.6 Å². The van der Waals surface area contributed by atoms with Crippen LogP contribution in [-0.2, 0) is 22.6 Å². The van der Waals surface area contributed by atoms with Gasteiger partial charge in [-0.15, -0.1) is 0 Å². The summed E-state index contributed by atoms with van der Waals surface area (Å²) >= 11 is 0. The molecule has 0 fully saturated rings. The molecule has 2 atom stereocenters. The minimum absolute atomic E-state index is 0.0788. The van der Waals surface area contributed by atoms with Gasteiger partial charge in [-0.05, 0) is 53.6 Å². The minimum Gasteiger partial charge on any atom is -0.481 e. The van der Waals surface area contributed by atoms with Crippen molar-refractivity contribution >= 4 is 11.8 Å². The SMILES string of the molecule is CC(C)CC(=O)N1CCc2ccc(O[C@H](C)C(=O)N(C)Cc3ccccc3)cc2[C@@H]1c1ccccc1. The number of rotatable bonds is 8. The highest BCUT2D eigenvalue weighted by Crippen LogP contribution is 2.38. The van der Waals surface area contributed by atoms with Crippen molar-refractivity contribution in [1.82, 2.24) is 9.80 Å². The molecule has 1 heterocycles. The Morgan fingerprint density at radius 3 is 2.31 bits per heavy atom. The van der Waals surface area contributed by atoms with Gasteiger partial charge in [-0.2, -0.15) is 0 Å². The standard InChI is InChI=1S/C31H36N2O3/c1-22(2)19-29(34)33-18-17-25-15-16-27(20-28(25)30(33)26-13-9-6-10-14-26)36-23(3)31(35)32(4)21-24-11-7-5-8-12-24/h5-16,20,22-23,30H,17-19,21H2,1-4H3/t23-,30+/m1/s1. The minimum atomic E-state index is -0.630. The molecule has 0 aliphatic carbocycles. The largest absolute Gasteiger partial charge is 0.481 e. The van der Waals surface area contributed by atoms with Gasteiger partial charge in [0.05, 0.1) is 6.04 Å². The number of likely N-dealkylation sites (N-methyl/N-ethyl adjacent to an activating group) is 1. The van der Waals surface area contributed by atoms with Crippen molar-refractivity contribution < 1.29 is 14.3 Å². The lowest BCUT2D eigenvalue weighted by molar-refractivity contribution is -0.137. The number of carbonyl (C=O) groups excluding carboxylic acids is 2. The normalized spacial score (nSPS) is 15.8. The molecule has 1 aliphatic heterocycles. The van der Waals surface area contributed by atoms with Crippen LogP contribution in [0.25, 0.3) is 0 Å². The third-order valence-electron chi connectivity index (χ3n) is 6.66. The summed E-state index contributed by atoms with van der Waals surface area (Å²) in [6, 6.07) is 26.0. The summed E-state index contributed by atoms with van der Waals surface area (Å²) in [6.45, 7) is 7.16. The molecule has 3 aromatic rings. The third kappa shape index (κ3) is 5.96. The first kappa shape index (κ1) is 25.5. The number of ether oxygens (including phenoxy) is 1. The van der Waals surface area contributed by atoms with Crippen LogP contribution in [-0.4, -0.2) is 41.3 Å². The second kappa shape index (κ2) is 11.4. The van der Waals surface area contributed by atoms with Crippen LogP contribution in [0.3, 0.4) is 0 Å². The summed E-state index contributed by atoms with van der Waals surface area (Å²) in [7, 11) is 1.80. The van der Waals surface area contributed by atoms with E-state index in [9.17, 15) is 9.59 Å². The van der Waals surface area contributed by atoms with Crippen molar-refractivity contribution in [2.45, 2.75) is 52.3 Å². The molecule has 1 aliphatic rings. The summed E-state index contributed by atoms with van der Waals surface area (Å²) in [4.78, 5) is 29.9. The van der Waals surface area contributed by atoms with E-state index in [1.54, 1.807) is 18.9 Å². The maximum atomic E-state index is 13.2. The maximum absolute atomic E-state index is 13.2. The first-order valence-electron chi connectivity index (χ1n) is 12.8. The van der Waals surface area contributed by atoms with Gasteiger partial charge < -0.3 is 14.5 Å². The Labute approximate surface area is 214 Å². The van der Waals surface area contributed by atoms with E-state index in [1.165, 1.54) is 5.56 Å². The number of amides is 2. The van der Waals surface area contributed by atoms with Crippen LogP contribution < -0.4 is 4.74 Å². The van der Waals surface area contributed by atoms with Crippen molar-refractivity contribution in [3.05, 3.63) is 101 Å². The van der Waals surface area contributed by atoms with E-state index in [0.29, 0.717) is 31.2 Å². The Kier molecular flexibility index (Phi) is 8.09. The van der Waals surface area contributed by atoms with Crippen molar-refractivity contribution in [2.24, 2.45) is 5.92 Å². The van der Waals surface area contributed by atoms with E-state index in [4.69, 9.17) is 4.74 Å². The quantitative estimate of drug-likeness (QED) is 0.416. The van der Waals surface area contributed by atoms with Gasteiger partial charge in [0.25, 0.3) is 5.91 Å². The van der Waals surface area contributed by atoms with Gasteiger partial charge in [0.15, 0.2) is 6.10 Å². The summed E-state index contributed by atoms with van der Waals surface area (Å²) in [5.74, 6) is 1.03. The zero-order chi connectivity index (χ0) is 25.7. The lowest BCUT2D eigenvalue weighted by Crippen LogP contribution is -2.41. The fraction of sp³-hybridized carbons (Fsp3) is 0.355. The first-order chi connectivity index (χ1) is 17.3. The second-order valence-corrected chi connectivity index (χ2v) is 10.0. The molecular weight excluding hydrogens is 448 g/mol. The smallest absolute Gasteiger partial charge is 0.263 e. The van der Waals surface area contributed by atoms with Crippen LogP contribution in [0, 0.1) is 5.92 Å². The van der Waals surface area contributed by atoms with Crippen molar-refractivity contribution in [1.29, 1.82) is 0 Å². The van der Waals surface area contributed by atoms with Crippen LogP contribution >= 0.6 is 0 Å². The zero-order valence-electron chi connectivity index (χ0n) is 21.7. The molecule has 0 unspecified atom stereocenters. The van der Waals surface area contributed by atoms with Crippen LogP contribution in [0.4, 0.5) is 0 Å². The Bertz CT molecular complexity index is 1180. The van der Waals surface area contributed by atoms with Crippen LogP contribution in [0.1, 0.15) is 55.5 Å². The molecule has 0 radical (unpaired) electrons. The molecule has 0 saturated heterocycles. The monoisotopic (exact) mass is 484 g/mol. The van der Waals surface area contributed by atoms with E-state index >= 15 is 0 Å². The van der Waals surface area contributed by atoms with E-state index < -0.39 is 6.10 Å². The van der Waals surface area contributed by atoms with Crippen LogP contribution in [0.15, 0.2) is 78.9 Å². The second-order valence-electron chi connectivity index (χ2n) is 10.0. The van der Waals surface area contributed by atoms with E-state index in [0.717, 1.165) is 23.1 Å². The highest BCUT2D eigenvalue weighted by Gasteiger charge is 2.32. The molecule has 2 amide bonds. The Balaban J connectivity index is 1.56. The Morgan fingerprint density at radius 2 is 1.64 bits per heavy atom. The average Bonchev–Trinajstić information content (AvgIpc) is 2.88. The van der Waals surface area contributed by atoms with Gasteiger partial charge in [-0.3, -0.25) is 9.59 Å². The number of nitrogens with zero attached hydrogens (tertiary/aromatic N) is 2. The van der Waals surface area contributed by atoms with Gasteiger partial charge >= 0.3 is 0 Å². The molecular formula is C31H36N2O3. The summed E-state index contributed by atoms with van der Waals surface area (Å²) < 4.78 is 6.15. The van der Waals surface area contributed by atoms with Gasteiger partial charge in [-0.25, -0.2) is 0 Å². The lowest BCUT2D eigenvalue weighted by Gasteiger charge is -2.38. The molecule has 3 aromatic carbocycles. The summed E-state index contributed by atoms with van der Waals surface area (Å²) in [5, 5.41) is 0. The van der Waals surface area contributed by atoms with Gasteiger partial charge in [-0.1, -0.05) is 80.6 Å². The van der Waals surface area contributed by atoms with E-state index in [-0.39, 0.29) is 17.9 Å². The lowest BCUT2D eigenvalue weighted by atomic mass is 9.87. The maximum Gasteiger partial charge on any atom is 0.263 e. The van der Waals surface area contributed by atoms with Crippen molar-refractivity contribution in [3.8, 4) is 5.75 Å². The summed E-state index contributed by atoms with van der Waals surface area (Å²) in [5.41, 5.74) is 4.44. The fourth-order valence-corrected chi connectivity index (χ4v) is 4.90. The number of benzene rings is 3. The van der Waals surface area contributed by atoms with E-state index in [1.807, 2.05) is 65.6 Å². The van der Waals surface area contributed by atoms with E-state index in [2.05, 4.69) is 32.0 Å². The molecule has 0 bridgehead atoms. The van der Waals surface area contributed by atoms with Gasteiger partial charge in [0.2, 0.25) is 5.91 Å². The average molecular weight is 485 g/mol. The zero-order valence-corrected chi connectivity index (χ0v) is 21.7. The predicted molar refractivity (Wildman–Crippen MR) is 143 cm³/mol. The molecule has 0 saturated carbocycles. The highest BCUT2D eigenvalue weighted by molar-refractivity contribution is 5.80. The molecule has 36 heavy (non-hydrogen) atoms. The van der Waals surface area contributed by atoms with Crippen LogP contribution in [0.5, 0.6) is 5.75 Å². The third-order valence-corrected chi connectivity index (χ3v) is 6.66. The molecule has 5 nitrogen and oxygen atoms in total. The molecule has 4 rings (SSSR count). The van der Waals surface area contributed by atoms with Crippen LogP contribution in [0.2, 0.25) is 0 Å². The first-order valence-corrected chi connectivity index (χ1v) is 12.8. The number of carbonyl (C=O) groups is 2. The topological polar surface area (TPSA) is 49.9 Å². The predicted octanol–water partition coefficient (Wildman–Crippen LogP) is 5.63. The Hall–Kier alpha value is -3.60. The highest BCUT2D eigenvalue weighted by atomic mass is 16.5. The number of hydrogen-bond donors (Lipinski definition) is 0. The molecule has 0 aromatic heterocycles. The number of hydrogen-bond acceptors (Lipinski definition) is 3. The van der Waals surface area contributed by atoms with Crippen molar-refractivity contribution in [2.75, 3.05) is 13.6 Å².